The van der Waals surface area contributed by atoms with Crippen molar-refractivity contribution in [2.24, 2.45) is 4.99 Å². The highest BCUT2D eigenvalue weighted by atomic mass is 35.5. The number of ether oxygens (including phenoxy) is 2. The number of hydrogen-bond acceptors (Lipinski definition) is 6. The van der Waals surface area contributed by atoms with Gasteiger partial charge in [0.1, 0.15) is 17.3 Å². The first-order valence-corrected chi connectivity index (χ1v) is 9.28. The predicted octanol–water partition coefficient (Wildman–Crippen LogP) is 4.58. The summed E-state index contributed by atoms with van der Waals surface area (Å²) in [7, 11) is 0. The molecule has 0 bridgehead atoms. The van der Waals surface area contributed by atoms with E-state index in [1.807, 2.05) is 31.2 Å². The van der Waals surface area contributed by atoms with Crippen LogP contribution in [0.4, 0.5) is 0 Å². The largest absolute Gasteiger partial charge is 0.454 e. The Morgan fingerprint density at radius 1 is 1.03 bits per heavy atom. The number of nitrogens with zero attached hydrogens (tertiary/aromatic N) is 2. The summed E-state index contributed by atoms with van der Waals surface area (Å²) >= 11 is 5.78. The molecule has 1 aliphatic heterocycles. The molecule has 152 valence electrons. The average molecular weight is 423 g/mol. The van der Waals surface area contributed by atoms with E-state index >= 15 is 0 Å². The van der Waals surface area contributed by atoms with Gasteiger partial charge in [0.25, 0.3) is 0 Å². The van der Waals surface area contributed by atoms with Gasteiger partial charge in [-0.25, -0.2) is 9.79 Å². The zero-order valence-corrected chi connectivity index (χ0v) is 16.9. The normalized spacial score (nSPS) is 12.2. The first-order chi connectivity index (χ1) is 14.5. The van der Waals surface area contributed by atoms with E-state index < -0.39 is 5.69 Å². The third-order valence-corrected chi connectivity index (χ3v) is 3.87. The molecule has 0 spiro atoms. The minimum atomic E-state index is -0.409. The van der Waals surface area contributed by atoms with Crippen LogP contribution in [0.5, 0.6) is 17.2 Å². The summed E-state index contributed by atoms with van der Waals surface area (Å²) in [5.41, 5.74) is 0.756. The smallest absolute Gasteiger partial charge is 0.345 e. The molecule has 2 aromatic carbocycles. The van der Waals surface area contributed by atoms with Crippen LogP contribution >= 0.6 is 11.6 Å². The highest BCUT2D eigenvalue weighted by Gasteiger charge is 2.02. The van der Waals surface area contributed by atoms with Gasteiger partial charge in [-0.2, -0.15) is 4.98 Å². The number of benzene rings is 2. The first kappa shape index (κ1) is 20.9. The molecule has 0 amide bonds. The zero-order valence-electron chi connectivity index (χ0n) is 16.1. The van der Waals surface area contributed by atoms with Crippen LogP contribution in [0.2, 0.25) is 5.02 Å². The lowest BCUT2D eigenvalue weighted by Gasteiger charge is -2.11. The Morgan fingerprint density at radius 2 is 1.80 bits per heavy atom. The van der Waals surface area contributed by atoms with E-state index in [-0.39, 0.29) is 0 Å². The minimum Gasteiger partial charge on any atom is -0.454 e. The van der Waals surface area contributed by atoms with Gasteiger partial charge in [-0.05, 0) is 42.8 Å². The third kappa shape index (κ3) is 6.65. The van der Waals surface area contributed by atoms with E-state index in [2.05, 4.69) is 26.9 Å². The number of rotatable bonds is 4. The Bertz CT molecular complexity index is 1130. The average Bonchev–Trinajstić information content (AvgIpc) is 2.72. The van der Waals surface area contributed by atoms with Gasteiger partial charge < -0.3 is 19.8 Å². The molecule has 0 saturated heterocycles. The van der Waals surface area contributed by atoms with Crippen molar-refractivity contribution >= 4 is 17.8 Å². The summed E-state index contributed by atoms with van der Waals surface area (Å²) in [5.74, 6) is 3.15. The van der Waals surface area contributed by atoms with Crippen molar-refractivity contribution in [1.29, 1.82) is 0 Å². The number of H-pyrrole nitrogens is 1. The monoisotopic (exact) mass is 422 g/mol. The van der Waals surface area contributed by atoms with Gasteiger partial charge in [0.2, 0.25) is 0 Å². The highest BCUT2D eigenvalue weighted by Crippen LogP contribution is 2.22. The van der Waals surface area contributed by atoms with Gasteiger partial charge in [-0.15, -0.1) is 0 Å². The fourth-order valence-electron chi connectivity index (χ4n) is 2.29. The topological polar surface area (TPSA) is 88.6 Å². The zero-order chi connectivity index (χ0) is 21.3. The predicted molar refractivity (Wildman–Crippen MR) is 117 cm³/mol. The molecule has 0 fully saturated rings. The van der Waals surface area contributed by atoms with Gasteiger partial charge in [0.05, 0.1) is 18.6 Å². The second-order valence-electron chi connectivity index (χ2n) is 6.13. The molecular formula is C22H19ClN4O3. The number of halogens is 1. The lowest BCUT2D eigenvalue weighted by molar-refractivity contribution is 0.451. The molecule has 2 heterocycles. The van der Waals surface area contributed by atoms with Crippen LogP contribution < -0.4 is 20.5 Å². The molecule has 0 aliphatic carbocycles. The SMILES string of the molecule is C=C1N=CC(Oc2cccc(C)c2)=CN1.O=c1ncc(Oc2cccc(Cl)c2)c[nH]1. The maximum atomic E-state index is 10.7. The van der Waals surface area contributed by atoms with Crippen LogP contribution in [-0.2, 0) is 0 Å². The summed E-state index contributed by atoms with van der Waals surface area (Å²) in [6, 6.07) is 14.8. The van der Waals surface area contributed by atoms with Gasteiger partial charge in [0, 0.05) is 11.2 Å². The van der Waals surface area contributed by atoms with E-state index in [1.165, 1.54) is 18.0 Å². The number of hydrogen-bond donors (Lipinski definition) is 2. The summed E-state index contributed by atoms with van der Waals surface area (Å²) in [6.45, 7) is 5.68. The van der Waals surface area contributed by atoms with Crippen molar-refractivity contribution in [3.8, 4) is 17.2 Å². The summed E-state index contributed by atoms with van der Waals surface area (Å²) in [6.07, 6.45) is 6.16. The minimum absolute atomic E-state index is 0.409. The summed E-state index contributed by atoms with van der Waals surface area (Å²) < 4.78 is 11.0. The van der Waals surface area contributed by atoms with Crippen molar-refractivity contribution in [3.63, 3.8) is 0 Å². The van der Waals surface area contributed by atoms with E-state index in [9.17, 15) is 4.79 Å². The van der Waals surface area contributed by atoms with Crippen LogP contribution in [-0.4, -0.2) is 16.2 Å². The number of aromatic nitrogens is 2. The van der Waals surface area contributed by atoms with Gasteiger partial charge in [-0.3, -0.25) is 0 Å². The van der Waals surface area contributed by atoms with Gasteiger partial charge in [-0.1, -0.05) is 36.4 Å². The van der Waals surface area contributed by atoms with E-state index in [0.29, 0.717) is 28.1 Å². The van der Waals surface area contributed by atoms with Crippen LogP contribution in [0.25, 0.3) is 0 Å². The molecule has 1 aromatic heterocycles. The quantitative estimate of drug-likeness (QED) is 0.642. The molecule has 30 heavy (non-hydrogen) atoms. The number of aliphatic imine (C=N–C) groups is 1. The summed E-state index contributed by atoms with van der Waals surface area (Å²) in [4.78, 5) is 20.6. The number of nitrogens with one attached hydrogen (secondary N) is 2. The highest BCUT2D eigenvalue weighted by molar-refractivity contribution is 6.30. The molecule has 1 aliphatic rings. The molecule has 0 atom stereocenters. The third-order valence-electron chi connectivity index (χ3n) is 3.63. The number of aromatic amines is 1. The van der Waals surface area contributed by atoms with Crippen LogP contribution in [0.15, 0.2) is 95.1 Å². The molecule has 0 radical (unpaired) electrons. The molecule has 0 saturated carbocycles. The van der Waals surface area contributed by atoms with E-state index in [0.717, 1.165) is 5.75 Å². The maximum Gasteiger partial charge on any atom is 0.345 e. The van der Waals surface area contributed by atoms with Crippen molar-refractivity contribution < 1.29 is 9.47 Å². The van der Waals surface area contributed by atoms with E-state index in [1.54, 1.807) is 36.7 Å². The Labute approximate surface area is 178 Å². The van der Waals surface area contributed by atoms with Gasteiger partial charge in [0.15, 0.2) is 11.5 Å². The van der Waals surface area contributed by atoms with Gasteiger partial charge >= 0.3 is 5.69 Å². The van der Waals surface area contributed by atoms with Crippen LogP contribution in [0, 0.1) is 6.92 Å². The van der Waals surface area contributed by atoms with Crippen molar-refractivity contribution in [2.75, 3.05) is 0 Å². The van der Waals surface area contributed by atoms with Crippen molar-refractivity contribution in [1.82, 2.24) is 15.3 Å². The van der Waals surface area contributed by atoms with Crippen molar-refractivity contribution in [3.05, 3.63) is 106 Å². The second-order valence-corrected chi connectivity index (χ2v) is 6.56. The molecule has 0 unspecified atom stereocenters. The molecule has 4 rings (SSSR count). The molecule has 8 heteroatoms. The lowest BCUT2D eigenvalue weighted by Crippen LogP contribution is -2.12. The Balaban J connectivity index is 0.000000171. The molecule has 2 N–H and O–H groups in total. The van der Waals surface area contributed by atoms with Crippen LogP contribution in [0.3, 0.4) is 0 Å². The Kier molecular flexibility index (Phi) is 7.02. The number of aryl methyl sites for hydroxylation is 1. The molecule has 3 aromatic rings. The van der Waals surface area contributed by atoms with E-state index in [4.69, 9.17) is 21.1 Å². The maximum absolute atomic E-state index is 10.7. The fourth-order valence-corrected chi connectivity index (χ4v) is 2.47. The standard InChI is InChI=1S/C12H12N2O.C10H7ClN2O2/c1-9-4-3-5-11(6-9)15-12-7-13-10(2)14-8-12;11-7-2-1-3-8(4-7)15-9-5-12-10(14)13-6-9/h3-8,13H,2H2,1H3;1-6H,(H,12,13,14). The molecule has 7 nitrogen and oxygen atoms in total. The summed E-state index contributed by atoms with van der Waals surface area (Å²) in [5, 5.41) is 3.48. The fraction of sp³-hybridized carbons (Fsp3) is 0.0455. The lowest BCUT2D eigenvalue weighted by atomic mass is 10.2. The second kappa shape index (κ2) is 10.1. The Morgan fingerprint density at radius 3 is 2.43 bits per heavy atom. The molecular weight excluding hydrogens is 404 g/mol. The first-order valence-electron chi connectivity index (χ1n) is 8.90. The van der Waals surface area contributed by atoms with Crippen LogP contribution in [0.1, 0.15) is 5.56 Å². The van der Waals surface area contributed by atoms with Crippen molar-refractivity contribution in [2.45, 2.75) is 6.92 Å². The number of allylic oxidation sites excluding steroid dienone is 1. The Hall–Kier alpha value is -3.84.